The van der Waals surface area contributed by atoms with Crippen molar-refractivity contribution < 1.29 is 0 Å². The number of rotatable bonds is 4. The SMILES string of the molecule is Cc1nnc(NC(C)Cc2ccsc2)s1. The molecule has 80 valence electrons. The van der Waals surface area contributed by atoms with Crippen LogP contribution in [0.25, 0.3) is 0 Å². The summed E-state index contributed by atoms with van der Waals surface area (Å²) in [6, 6.07) is 2.56. The third-order valence-corrected chi connectivity index (χ3v) is 3.52. The van der Waals surface area contributed by atoms with E-state index in [0.29, 0.717) is 6.04 Å². The first-order valence-electron chi connectivity index (χ1n) is 4.82. The second-order valence-electron chi connectivity index (χ2n) is 3.51. The third kappa shape index (κ3) is 3.00. The lowest BCUT2D eigenvalue weighted by atomic mass is 10.1. The normalized spacial score (nSPS) is 12.7. The van der Waals surface area contributed by atoms with E-state index in [1.54, 1.807) is 22.7 Å². The van der Waals surface area contributed by atoms with Gasteiger partial charge in [-0.1, -0.05) is 11.3 Å². The van der Waals surface area contributed by atoms with Gasteiger partial charge in [0.15, 0.2) is 0 Å². The second kappa shape index (κ2) is 4.72. The molecule has 0 aliphatic heterocycles. The number of hydrogen-bond donors (Lipinski definition) is 1. The average molecular weight is 239 g/mol. The zero-order valence-electron chi connectivity index (χ0n) is 8.73. The third-order valence-electron chi connectivity index (χ3n) is 2.02. The molecule has 2 heterocycles. The summed E-state index contributed by atoms with van der Waals surface area (Å²) in [5.74, 6) is 0. The van der Waals surface area contributed by atoms with Gasteiger partial charge in [-0.05, 0) is 42.7 Å². The minimum atomic E-state index is 0.395. The van der Waals surface area contributed by atoms with Gasteiger partial charge < -0.3 is 5.32 Å². The number of aromatic nitrogens is 2. The lowest BCUT2D eigenvalue weighted by molar-refractivity contribution is 0.787. The van der Waals surface area contributed by atoms with Crippen LogP contribution in [-0.2, 0) is 6.42 Å². The zero-order valence-corrected chi connectivity index (χ0v) is 10.4. The van der Waals surface area contributed by atoms with Crippen LogP contribution in [0.2, 0.25) is 0 Å². The van der Waals surface area contributed by atoms with Crippen molar-refractivity contribution in [2.24, 2.45) is 0 Å². The Morgan fingerprint density at radius 3 is 2.93 bits per heavy atom. The highest BCUT2D eigenvalue weighted by atomic mass is 32.1. The van der Waals surface area contributed by atoms with Crippen LogP contribution in [0.4, 0.5) is 5.13 Å². The quantitative estimate of drug-likeness (QED) is 0.891. The number of thiophene rings is 1. The highest BCUT2D eigenvalue weighted by molar-refractivity contribution is 7.15. The summed E-state index contributed by atoms with van der Waals surface area (Å²) in [5.41, 5.74) is 1.38. The molecule has 1 atom stereocenters. The predicted octanol–water partition coefficient (Wildman–Crippen LogP) is 2.95. The Hall–Kier alpha value is -0.940. The molecule has 3 nitrogen and oxygen atoms in total. The fraction of sp³-hybridized carbons (Fsp3) is 0.400. The highest BCUT2D eigenvalue weighted by Gasteiger charge is 2.06. The van der Waals surface area contributed by atoms with Gasteiger partial charge in [0, 0.05) is 6.04 Å². The van der Waals surface area contributed by atoms with Crippen LogP contribution in [-0.4, -0.2) is 16.2 Å². The van der Waals surface area contributed by atoms with Crippen LogP contribution in [0.1, 0.15) is 17.5 Å². The Balaban J connectivity index is 1.90. The Kier molecular flexibility index (Phi) is 3.33. The van der Waals surface area contributed by atoms with E-state index in [1.807, 2.05) is 6.92 Å². The van der Waals surface area contributed by atoms with Gasteiger partial charge in [-0.2, -0.15) is 11.3 Å². The molecule has 2 aromatic heterocycles. The van der Waals surface area contributed by atoms with Crippen molar-refractivity contribution in [2.45, 2.75) is 26.3 Å². The van der Waals surface area contributed by atoms with Crippen LogP contribution < -0.4 is 5.32 Å². The van der Waals surface area contributed by atoms with Gasteiger partial charge in [-0.3, -0.25) is 0 Å². The van der Waals surface area contributed by atoms with Crippen molar-refractivity contribution in [2.75, 3.05) is 5.32 Å². The van der Waals surface area contributed by atoms with Crippen LogP contribution in [0, 0.1) is 6.92 Å². The van der Waals surface area contributed by atoms with Gasteiger partial charge >= 0.3 is 0 Å². The molecule has 0 aromatic carbocycles. The van der Waals surface area contributed by atoms with Crippen molar-refractivity contribution in [1.29, 1.82) is 0 Å². The first kappa shape index (κ1) is 10.6. The minimum Gasteiger partial charge on any atom is -0.357 e. The zero-order chi connectivity index (χ0) is 10.7. The molecule has 15 heavy (non-hydrogen) atoms. The first-order chi connectivity index (χ1) is 7.24. The van der Waals surface area contributed by atoms with Gasteiger partial charge in [0.05, 0.1) is 0 Å². The van der Waals surface area contributed by atoms with E-state index in [4.69, 9.17) is 0 Å². The summed E-state index contributed by atoms with van der Waals surface area (Å²) >= 11 is 3.34. The molecule has 0 saturated heterocycles. The van der Waals surface area contributed by atoms with E-state index in [9.17, 15) is 0 Å². The minimum absolute atomic E-state index is 0.395. The summed E-state index contributed by atoms with van der Waals surface area (Å²) < 4.78 is 0. The van der Waals surface area contributed by atoms with Crippen molar-refractivity contribution >= 4 is 27.8 Å². The van der Waals surface area contributed by atoms with Crippen molar-refractivity contribution in [3.8, 4) is 0 Å². The first-order valence-corrected chi connectivity index (χ1v) is 6.57. The average Bonchev–Trinajstić information content (AvgIpc) is 2.77. The molecule has 0 spiro atoms. The van der Waals surface area contributed by atoms with E-state index < -0.39 is 0 Å². The molecule has 1 N–H and O–H groups in total. The smallest absolute Gasteiger partial charge is 0.205 e. The molecular formula is C10H13N3S2. The van der Waals surface area contributed by atoms with Gasteiger partial charge in [-0.15, -0.1) is 10.2 Å². The molecule has 0 radical (unpaired) electrons. The molecule has 0 aliphatic rings. The van der Waals surface area contributed by atoms with Crippen LogP contribution >= 0.6 is 22.7 Å². The maximum absolute atomic E-state index is 4.05. The number of aryl methyl sites for hydroxylation is 1. The van der Waals surface area contributed by atoms with Gasteiger partial charge in [0.2, 0.25) is 5.13 Å². The number of nitrogens with zero attached hydrogens (tertiary/aromatic N) is 2. The lowest BCUT2D eigenvalue weighted by Gasteiger charge is -2.10. The topological polar surface area (TPSA) is 37.8 Å². The van der Waals surface area contributed by atoms with E-state index >= 15 is 0 Å². The Morgan fingerprint density at radius 2 is 2.33 bits per heavy atom. The fourth-order valence-corrected chi connectivity index (χ4v) is 2.76. The number of hydrogen-bond acceptors (Lipinski definition) is 5. The van der Waals surface area contributed by atoms with Gasteiger partial charge in [0.25, 0.3) is 0 Å². The van der Waals surface area contributed by atoms with E-state index in [-0.39, 0.29) is 0 Å². The predicted molar refractivity (Wildman–Crippen MR) is 65.8 cm³/mol. The molecule has 0 aliphatic carbocycles. The van der Waals surface area contributed by atoms with Crippen molar-refractivity contribution in [1.82, 2.24) is 10.2 Å². The lowest BCUT2D eigenvalue weighted by Crippen LogP contribution is -2.17. The Bertz CT molecular complexity index is 408. The summed E-state index contributed by atoms with van der Waals surface area (Å²) in [6.07, 6.45) is 1.03. The summed E-state index contributed by atoms with van der Waals surface area (Å²) in [7, 11) is 0. The number of nitrogens with one attached hydrogen (secondary N) is 1. The Labute approximate surface area is 97.2 Å². The molecule has 2 rings (SSSR count). The summed E-state index contributed by atoms with van der Waals surface area (Å²) in [4.78, 5) is 0. The highest BCUT2D eigenvalue weighted by Crippen LogP contribution is 2.16. The van der Waals surface area contributed by atoms with Crippen molar-refractivity contribution in [3.05, 3.63) is 27.4 Å². The van der Waals surface area contributed by atoms with Gasteiger partial charge in [0.1, 0.15) is 5.01 Å². The Morgan fingerprint density at radius 1 is 1.47 bits per heavy atom. The summed E-state index contributed by atoms with van der Waals surface area (Å²) in [6.45, 7) is 4.13. The van der Waals surface area contributed by atoms with Crippen LogP contribution in [0.3, 0.4) is 0 Å². The van der Waals surface area contributed by atoms with Gasteiger partial charge in [-0.25, -0.2) is 0 Å². The van der Waals surface area contributed by atoms with E-state index in [1.165, 1.54) is 5.56 Å². The molecule has 0 saturated carbocycles. The standard InChI is InChI=1S/C10H13N3S2/c1-7(5-9-3-4-14-6-9)11-10-13-12-8(2)15-10/h3-4,6-7H,5H2,1-2H3,(H,11,13). The van der Waals surface area contributed by atoms with E-state index in [2.05, 4.69) is 39.3 Å². The molecule has 2 aromatic rings. The largest absolute Gasteiger partial charge is 0.357 e. The molecule has 5 heteroatoms. The van der Waals surface area contributed by atoms with Crippen LogP contribution in [0.15, 0.2) is 16.8 Å². The molecule has 0 fully saturated rings. The molecule has 1 unspecified atom stereocenters. The molecule has 0 amide bonds. The maximum atomic E-state index is 4.05. The van der Waals surface area contributed by atoms with Crippen LogP contribution in [0.5, 0.6) is 0 Å². The second-order valence-corrected chi connectivity index (χ2v) is 5.47. The fourth-order valence-electron chi connectivity index (χ4n) is 1.38. The number of anilines is 1. The monoisotopic (exact) mass is 239 g/mol. The maximum Gasteiger partial charge on any atom is 0.205 e. The summed E-state index contributed by atoms with van der Waals surface area (Å²) in [5, 5.41) is 17.6. The molecule has 0 bridgehead atoms. The van der Waals surface area contributed by atoms with E-state index in [0.717, 1.165) is 16.6 Å². The molecular weight excluding hydrogens is 226 g/mol. The van der Waals surface area contributed by atoms with Crippen molar-refractivity contribution in [3.63, 3.8) is 0 Å².